The predicted molar refractivity (Wildman–Crippen MR) is 116 cm³/mol. The van der Waals surface area contributed by atoms with Crippen molar-refractivity contribution in [3.63, 3.8) is 0 Å². The largest absolute Gasteiger partial charge is 0.462 e. The van der Waals surface area contributed by atoms with Gasteiger partial charge in [-0.15, -0.1) is 0 Å². The van der Waals surface area contributed by atoms with Crippen molar-refractivity contribution in [1.82, 2.24) is 5.32 Å². The summed E-state index contributed by atoms with van der Waals surface area (Å²) in [5.41, 5.74) is 0. The summed E-state index contributed by atoms with van der Waals surface area (Å²) in [4.78, 5) is 37.5. The quantitative estimate of drug-likeness (QED) is 0.508. The van der Waals surface area contributed by atoms with Gasteiger partial charge < -0.3 is 10.1 Å². The van der Waals surface area contributed by atoms with Crippen molar-refractivity contribution >= 4 is 39.2 Å². The fraction of sp³-hybridized carbons (Fsp3) is 0.857. The number of esters is 1. The number of hydrogen-bond acceptors (Lipinski definition) is 6. The smallest absolute Gasteiger partial charge is 0.310 e. The molecule has 0 radical (unpaired) electrons. The molecule has 3 atom stereocenters. The molecule has 0 saturated carbocycles. The van der Waals surface area contributed by atoms with Crippen LogP contribution in [0.1, 0.15) is 84.0 Å². The Morgan fingerprint density at radius 1 is 0.929 bits per heavy atom. The first-order chi connectivity index (χ1) is 13.6. The molecule has 3 saturated heterocycles. The summed E-state index contributed by atoms with van der Waals surface area (Å²) in [6.07, 6.45) is 10.3. The topological polar surface area (TPSA) is 72.5 Å². The second-order valence-corrected chi connectivity index (χ2v) is 10.5. The number of ketones is 1. The average Bonchev–Trinajstić information content (AvgIpc) is 2.67. The lowest BCUT2D eigenvalue weighted by molar-refractivity contribution is -0.154. The number of hydrogen-bond donors (Lipinski definition) is 1. The van der Waals surface area contributed by atoms with E-state index >= 15 is 0 Å². The first-order valence-electron chi connectivity index (χ1n) is 10.9. The van der Waals surface area contributed by atoms with Crippen LogP contribution in [-0.2, 0) is 19.1 Å². The average molecular weight is 430 g/mol. The van der Waals surface area contributed by atoms with E-state index in [1.54, 1.807) is 21.6 Å². The molecular formula is C21H35NO4S2. The molecule has 3 heterocycles. The van der Waals surface area contributed by atoms with E-state index in [1.807, 2.05) is 0 Å². The Bertz CT molecular complexity index is 515. The van der Waals surface area contributed by atoms with Crippen molar-refractivity contribution < 1.29 is 19.1 Å². The molecule has 0 aliphatic carbocycles. The summed E-state index contributed by atoms with van der Waals surface area (Å²) in [6, 6.07) is -0.402. The van der Waals surface area contributed by atoms with E-state index in [2.05, 4.69) is 12.2 Å². The molecule has 1 N–H and O–H groups in total. The molecule has 5 nitrogen and oxygen atoms in total. The maximum Gasteiger partial charge on any atom is 0.310 e. The summed E-state index contributed by atoms with van der Waals surface area (Å²) in [7, 11) is 3.19. The summed E-state index contributed by atoms with van der Waals surface area (Å²) < 4.78 is 5.90. The minimum Gasteiger partial charge on any atom is -0.462 e. The van der Waals surface area contributed by atoms with Crippen molar-refractivity contribution in [3.8, 4) is 0 Å². The first kappa shape index (κ1) is 23.6. The Labute approximate surface area is 177 Å². The second kappa shape index (κ2) is 13.5. The van der Waals surface area contributed by atoms with E-state index in [4.69, 9.17) is 4.74 Å². The predicted octanol–water partition coefficient (Wildman–Crippen LogP) is 4.68. The number of ether oxygens (including phenoxy) is 1. The maximum absolute atomic E-state index is 12.7. The molecule has 2 bridgehead atoms. The third-order valence-corrected chi connectivity index (χ3v) is 7.93. The molecule has 0 spiro atoms. The highest BCUT2D eigenvalue weighted by atomic mass is 33.1. The van der Waals surface area contributed by atoms with Gasteiger partial charge >= 0.3 is 5.97 Å². The molecule has 3 unspecified atom stereocenters. The lowest BCUT2D eigenvalue weighted by Gasteiger charge is -2.24. The molecule has 0 aromatic heterocycles. The van der Waals surface area contributed by atoms with Crippen LogP contribution in [0.3, 0.4) is 0 Å². The molecule has 0 aromatic rings. The molecule has 3 fully saturated rings. The van der Waals surface area contributed by atoms with Gasteiger partial charge in [-0.25, -0.2) is 0 Å². The van der Waals surface area contributed by atoms with Gasteiger partial charge in [0.05, 0.1) is 12.0 Å². The third-order valence-electron chi connectivity index (χ3n) is 5.44. The third kappa shape index (κ3) is 8.76. The number of carbonyl (C=O) groups is 3. The van der Waals surface area contributed by atoms with Crippen molar-refractivity contribution in [1.29, 1.82) is 0 Å². The van der Waals surface area contributed by atoms with Gasteiger partial charge in [0.15, 0.2) is 5.78 Å². The van der Waals surface area contributed by atoms with Crippen LogP contribution >= 0.6 is 21.6 Å². The summed E-state index contributed by atoms with van der Waals surface area (Å²) in [6.45, 7) is 2.13. The summed E-state index contributed by atoms with van der Waals surface area (Å²) in [5.74, 6) is 1.11. The molecule has 3 rings (SSSR count). The normalized spacial score (nSPS) is 29.8. The molecule has 1 amide bonds. The van der Waals surface area contributed by atoms with E-state index in [0.29, 0.717) is 37.2 Å². The fourth-order valence-electron chi connectivity index (χ4n) is 3.73. The minimum absolute atomic E-state index is 0.00779. The Morgan fingerprint density at radius 3 is 2.50 bits per heavy atom. The molecule has 3 aliphatic rings. The van der Waals surface area contributed by atoms with Crippen molar-refractivity contribution in [2.24, 2.45) is 5.92 Å². The van der Waals surface area contributed by atoms with Crippen LogP contribution in [0.25, 0.3) is 0 Å². The van der Waals surface area contributed by atoms with Crippen molar-refractivity contribution in [2.75, 3.05) is 11.5 Å². The van der Waals surface area contributed by atoms with Gasteiger partial charge in [0, 0.05) is 24.3 Å². The second-order valence-electron chi connectivity index (χ2n) is 7.90. The van der Waals surface area contributed by atoms with Gasteiger partial charge in [0.2, 0.25) is 5.91 Å². The number of rotatable bonds is 2. The molecule has 7 heteroatoms. The Balaban J connectivity index is 2.05. The maximum atomic E-state index is 12.7. The number of Topliss-reactive ketones (excluding diaryl/α,β-unsaturated/α-hetero) is 1. The molecular weight excluding hydrogens is 394 g/mol. The minimum atomic E-state index is -0.402. The van der Waals surface area contributed by atoms with E-state index in [-0.39, 0.29) is 29.7 Å². The fourth-order valence-corrected chi connectivity index (χ4v) is 6.27. The number of fused-ring (bicyclic) bond motifs is 17. The number of carbonyl (C=O) groups excluding carboxylic acids is 3. The lowest BCUT2D eigenvalue weighted by atomic mass is 9.99. The number of amides is 1. The van der Waals surface area contributed by atoms with Crippen LogP contribution in [0.5, 0.6) is 0 Å². The highest BCUT2D eigenvalue weighted by Gasteiger charge is 2.27. The zero-order chi connectivity index (χ0) is 20.2. The van der Waals surface area contributed by atoms with E-state index in [1.165, 1.54) is 0 Å². The molecule has 28 heavy (non-hydrogen) atoms. The Hall–Kier alpha value is -0.690. The highest BCUT2D eigenvalue weighted by molar-refractivity contribution is 8.76. The van der Waals surface area contributed by atoms with E-state index in [0.717, 1.165) is 51.4 Å². The zero-order valence-corrected chi connectivity index (χ0v) is 18.7. The van der Waals surface area contributed by atoms with Gasteiger partial charge in [-0.05, 0) is 38.5 Å². The van der Waals surface area contributed by atoms with Gasteiger partial charge in [-0.3, -0.25) is 14.4 Å². The molecule has 0 aromatic carbocycles. The van der Waals surface area contributed by atoms with Crippen LogP contribution in [0.15, 0.2) is 0 Å². The zero-order valence-electron chi connectivity index (χ0n) is 17.1. The number of nitrogens with one attached hydrogen (secondary N) is 1. The Kier molecular flexibility index (Phi) is 11.4. The van der Waals surface area contributed by atoms with Crippen LogP contribution in [0.4, 0.5) is 0 Å². The SMILES string of the molecule is CCCC1CCCCCCCC(=O)NC2CSSCC(CCCC2=O)C(=O)O1. The van der Waals surface area contributed by atoms with Gasteiger partial charge in [-0.2, -0.15) is 0 Å². The van der Waals surface area contributed by atoms with Crippen LogP contribution in [0, 0.1) is 5.92 Å². The Morgan fingerprint density at radius 2 is 1.68 bits per heavy atom. The molecule has 3 aliphatic heterocycles. The van der Waals surface area contributed by atoms with E-state index < -0.39 is 6.04 Å². The van der Waals surface area contributed by atoms with Gasteiger partial charge in [-0.1, -0.05) is 54.2 Å². The standard InChI is InChI=1S/C21H35NO4S2/c1-2-9-17-11-6-4-3-5-7-13-20(24)22-18-15-28-27-14-16(21(25)26-17)10-8-12-19(18)23/h16-18H,2-15H2,1H3,(H,22,24). The van der Waals surface area contributed by atoms with Gasteiger partial charge in [0.25, 0.3) is 0 Å². The first-order valence-corrected chi connectivity index (χ1v) is 13.4. The van der Waals surface area contributed by atoms with Crippen LogP contribution in [0.2, 0.25) is 0 Å². The van der Waals surface area contributed by atoms with Gasteiger partial charge in [0.1, 0.15) is 6.10 Å². The molecule has 160 valence electrons. The highest BCUT2D eigenvalue weighted by Crippen LogP contribution is 2.30. The van der Waals surface area contributed by atoms with Crippen LogP contribution in [-0.4, -0.2) is 41.3 Å². The monoisotopic (exact) mass is 429 g/mol. The van der Waals surface area contributed by atoms with Crippen molar-refractivity contribution in [3.05, 3.63) is 0 Å². The van der Waals surface area contributed by atoms with Crippen molar-refractivity contribution in [2.45, 2.75) is 96.1 Å². The summed E-state index contributed by atoms with van der Waals surface area (Å²) >= 11 is 0. The van der Waals surface area contributed by atoms with Crippen LogP contribution < -0.4 is 5.32 Å². The lowest BCUT2D eigenvalue weighted by Crippen LogP contribution is -2.42. The summed E-state index contributed by atoms with van der Waals surface area (Å²) in [5, 5.41) is 2.94. The van der Waals surface area contributed by atoms with E-state index in [9.17, 15) is 14.4 Å².